The van der Waals surface area contributed by atoms with Crippen LogP contribution >= 0.6 is 11.6 Å². The number of anilines is 1. The first-order valence-electron chi connectivity index (χ1n) is 9.70. The maximum atomic E-state index is 12.6. The van der Waals surface area contributed by atoms with Crippen molar-refractivity contribution in [3.63, 3.8) is 0 Å². The van der Waals surface area contributed by atoms with E-state index < -0.39 is 0 Å². The number of halogens is 1. The fourth-order valence-electron chi connectivity index (χ4n) is 3.94. The van der Waals surface area contributed by atoms with Gasteiger partial charge in [-0.25, -0.2) is 0 Å². The maximum Gasteiger partial charge on any atom is 0.223 e. The molecule has 2 fully saturated rings. The molecule has 2 aliphatic heterocycles. The third-order valence-electron chi connectivity index (χ3n) is 5.80. The highest BCUT2D eigenvalue weighted by molar-refractivity contribution is 6.30. The van der Waals surface area contributed by atoms with Crippen molar-refractivity contribution in [3.8, 4) is 0 Å². The summed E-state index contributed by atoms with van der Waals surface area (Å²) in [6.45, 7) is 6.52. The van der Waals surface area contributed by atoms with Crippen LogP contribution < -0.4 is 4.90 Å². The van der Waals surface area contributed by atoms with Gasteiger partial charge >= 0.3 is 0 Å². The lowest BCUT2D eigenvalue weighted by molar-refractivity contribution is -0.131. The van der Waals surface area contributed by atoms with Crippen molar-refractivity contribution in [2.45, 2.75) is 25.3 Å². The molecule has 3 rings (SSSR count). The highest BCUT2D eigenvalue weighted by Crippen LogP contribution is 2.21. The van der Waals surface area contributed by atoms with Crippen LogP contribution in [0.4, 0.5) is 5.69 Å². The van der Waals surface area contributed by atoms with E-state index in [4.69, 9.17) is 11.6 Å². The Hall–Kier alpha value is -1.30. The Kier molecular flexibility index (Phi) is 6.79. The van der Waals surface area contributed by atoms with E-state index in [1.165, 1.54) is 12.8 Å². The number of hydrogen-bond donors (Lipinski definition) is 0. The molecule has 0 aromatic heterocycles. The molecule has 0 aliphatic carbocycles. The Labute approximate surface area is 162 Å². The van der Waals surface area contributed by atoms with Crippen LogP contribution in [0.15, 0.2) is 24.3 Å². The topological polar surface area (TPSA) is 30.0 Å². The molecule has 1 aromatic carbocycles. The summed E-state index contributed by atoms with van der Waals surface area (Å²) in [4.78, 5) is 21.7. The van der Waals surface area contributed by atoms with E-state index in [1.54, 1.807) is 0 Å². The lowest BCUT2D eigenvalue weighted by Gasteiger charge is -2.37. The lowest BCUT2D eigenvalue weighted by atomic mass is 10.0. The van der Waals surface area contributed by atoms with E-state index in [9.17, 15) is 4.79 Å². The van der Waals surface area contributed by atoms with Gasteiger partial charge in [0.1, 0.15) is 0 Å². The minimum absolute atomic E-state index is 0.288. The average molecular weight is 379 g/mol. The smallest absolute Gasteiger partial charge is 0.223 e. The molecule has 0 radical (unpaired) electrons. The molecule has 0 spiro atoms. The van der Waals surface area contributed by atoms with Crippen molar-refractivity contribution >= 4 is 23.2 Å². The number of piperazine rings is 1. The Morgan fingerprint density at radius 2 is 1.85 bits per heavy atom. The third-order valence-corrected chi connectivity index (χ3v) is 6.03. The van der Waals surface area contributed by atoms with Gasteiger partial charge < -0.3 is 19.6 Å². The first-order valence-corrected chi connectivity index (χ1v) is 10.1. The number of amides is 1. The maximum absolute atomic E-state index is 12.6. The van der Waals surface area contributed by atoms with Crippen molar-refractivity contribution < 1.29 is 4.79 Å². The summed E-state index contributed by atoms with van der Waals surface area (Å²) in [5.74, 6) is 0.288. The zero-order valence-electron chi connectivity index (χ0n) is 16.0. The van der Waals surface area contributed by atoms with Crippen LogP contribution in [0.3, 0.4) is 0 Å². The molecular formula is C20H31ClN4O. The normalized spacial score (nSPS) is 20.0. The van der Waals surface area contributed by atoms with E-state index in [0.29, 0.717) is 12.5 Å². The van der Waals surface area contributed by atoms with Gasteiger partial charge in [0.25, 0.3) is 0 Å². The van der Waals surface area contributed by atoms with E-state index in [2.05, 4.69) is 34.9 Å². The SMILES string of the molecule is CN1CCC(N(C)CCC(=O)N2CCN(c3cccc(Cl)c3)CC2)CC1. The van der Waals surface area contributed by atoms with Gasteiger partial charge in [-0.3, -0.25) is 4.79 Å². The van der Waals surface area contributed by atoms with Crippen LogP contribution in [0.1, 0.15) is 19.3 Å². The first kappa shape index (κ1) is 19.5. The van der Waals surface area contributed by atoms with Crippen LogP contribution in [0.25, 0.3) is 0 Å². The monoisotopic (exact) mass is 378 g/mol. The molecule has 26 heavy (non-hydrogen) atoms. The van der Waals surface area contributed by atoms with E-state index >= 15 is 0 Å². The summed E-state index contributed by atoms with van der Waals surface area (Å²) in [6.07, 6.45) is 3.04. The van der Waals surface area contributed by atoms with Gasteiger partial charge in [-0.05, 0) is 58.2 Å². The number of carbonyl (C=O) groups excluding carboxylic acids is 1. The van der Waals surface area contributed by atoms with Gasteiger partial charge in [0, 0.05) is 55.9 Å². The predicted molar refractivity (Wildman–Crippen MR) is 108 cm³/mol. The number of likely N-dealkylation sites (tertiary alicyclic amines) is 1. The molecule has 0 bridgehead atoms. The lowest BCUT2D eigenvalue weighted by Crippen LogP contribution is -2.49. The van der Waals surface area contributed by atoms with Gasteiger partial charge in [-0.15, -0.1) is 0 Å². The van der Waals surface area contributed by atoms with Crippen LogP contribution in [-0.4, -0.2) is 86.6 Å². The average Bonchev–Trinajstić information content (AvgIpc) is 2.66. The summed E-state index contributed by atoms with van der Waals surface area (Å²) in [5.41, 5.74) is 1.14. The molecule has 0 N–H and O–H groups in total. The molecule has 0 unspecified atom stereocenters. The molecule has 2 saturated heterocycles. The fraction of sp³-hybridized carbons (Fsp3) is 0.650. The fourth-order valence-corrected chi connectivity index (χ4v) is 4.12. The second-order valence-corrected chi connectivity index (χ2v) is 8.05. The van der Waals surface area contributed by atoms with Gasteiger partial charge in [-0.1, -0.05) is 17.7 Å². The molecule has 1 aromatic rings. The Balaban J connectivity index is 1.41. The molecular weight excluding hydrogens is 348 g/mol. The van der Waals surface area contributed by atoms with Crippen LogP contribution in [0.5, 0.6) is 0 Å². The molecule has 0 atom stereocenters. The van der Waals surface area contributed by atoms with E-state index in [0.717, 1.165) is 56.5 Å². The van der Waals surface area contributed by atoms with Crippen LogP contribution in [-0.2, 0) is 4.79 Å². The van der Waals surface area contributed by atoms with E-state index in [-0.39, 0.29) is 5.91 Å². The Morgan fingerprint density at radius 1 is 1.15 bits per heavy atom. The van der Waals surface area contributed by atoms with Crippen LogP contribution in [0, 0.1) is 0 Å². The van der Waals surface area contributed by atoms with Gasteiger partial charge in [0.2, 0.25) is 5.91 Å². The number of nitrogens with zero attached hydrogens (tertiary/aromatic N) is 4. The number of carbonyl (C=O) groups is 1. The van der Waals surface area contributed by atoms with Gasteiger partial charge in [0.15, 0.2) is 0 Å². The van der Waals surface area contributed by atoms with Crippen LogP contribution in [0.2, 0.25) is 5.02 Å². The molecule has 6 heteroatoms. The van der Waals surface area contributed by atoms with Gasteiger partial charge in [-0.2, -0.15) is 0 Å². The standard InChI is InChI=1S/C20H31ClN4O/c1-22-9-6-18(7-10-22)23(2)11-8-20(26)25-14-12-24(13-15-25)19-5-3-4-17(21)16-19/h3-5,16,18H,6-15H2,1-2H3. The summed E-state index contributed by atoms with van der Waals surface area (Å²) < 4.78 is 0. The molecule has 1 amide bonds. The number of rotatable bonds is 5. The first-order chi connectivity index (χ1) is 12.5. The Bertz CT molecular complexity index is 595. The Morgan fingerprint density at radius 3 is 2.50 bits per heavy atom. The largest absolute Gasteiger partial charge is 0.368 e. The molecule has 2 aliphatic rings. The highest BCUT2D eigenvalue weighted by atomic mass is 35.5. The zero-order valence-corrected chi connectivity index (χ0v) is 16.8. The summed E-state index contributed by atoms with van der Waals surface area (Å²) >= 11 is 6.09. The third kappa shape index (κ3) is 5.12. The summed E-state index contributed by atoms with van der Waals surface area (Å²) in [6, 6.07) is 8.58. The van der Waals surface area contributed by atoms with Crippen molar-refractivity contribution in [1.82, 2.24) is 14.7 Å². The molecule has 0 saturated carbocycles. The predicted octanol–water partition coefficient (Wildman–Crippen LogP) is 2.40. The minimum atomic E-state index is 0.288. The second kappa shape index (κ2) is 9.07. The highest BCUT2D eigenvalue weighted by Gasteiger charge is 2.24. The van der Waals surface area contributed by atoms with Crippen molar-refractivity contribution in [2.24, 2.45) is 0 Å². The second-order valence-electron chi connectivity index (χ2n) is 7.61. The van der Waals surface area contributed by atoms with E-state index in [1.807, 2.05) is 23.1 Å². The van der Waals surface area contributed by atoms with Gasteiger partial charge in [0.05, 0.1) is 0 Å². The van der Waals surface area contributed by atoms with Crippen molar-refractivity contribution in [3.05, 3.63) is 29.3 Å². The summed E-state index contributed by atoms with van der Waals surface area (Å²) in [7, 11) is 4.35. The summed E-state index contributed by atoms with van der Waals surface area (Å²) in [5, 5.41) is 0.762. The number of benzene rings is 1. The van der Waals surface area contributed by atoms with Crippen molar-refractivity contribution in [1.29, 1.82) is 0 Å². The zero-order chi connectivity index (χ0) is 18.5. The number of piperidine rings is 1. The molecule has 5 nitrogen and oxygen atoms in total. The quantitative estimate of drug-likeness (QED) is 0.787. The molecule has 144 valence electrons. The molecule has 2 heterocycles. The number of hydrogen-bond acceptors (Lipinski definition) is 4. The minimum Gasteiger partial charge on any atom is -0.368 e. The van der Waals surface area contributed by atoms with Crippen molar-refractivity contribution in [2.75, 3.05) is 64.8 Å².